The molecule has 51 heavy (non-hydrogen) atoms. The summed E-state index contributed by atoms with van der Waals surface area (Å²) in [7, 11) is 0. The Morgan fingerprint density at radius 1 is 0.529 bits per heavy atom. The summed E-state index contributed by atoms with van der Waals surface area (Å²) < 4.78 is 6.02. The Kier molecular flexibility index (Phi) is 34.0. The molecule has 0 heterocycles. The predicted molar refractivity (Wildman–Crippen MR) is 219 cm³/mol. The number of aliphatic hydroxyl groups is 1. The first-order valence-electron chi connectivity index (χ1n) is 23.1. The average molecular weight is 720 g/mol. The number of esters is 1. The van der Waals surface area contributed by atoms with E-state index in [-0.39, 0.29) is 18.7 Å². The predicted octanol–water partition coefficient (Wildman–Crippen LogP) is 13.3. The van der Waals surface area contributed by atoms with Crippen molar-refractivity contribution >= 4 is 11.8 Å². The van der Waals surface area contributed by atoms with Gasteiger partial charge in [-0.25, -0.2) is 0 Å². The number of rotatable bonds is 41. The number of hydrogen-bond donors (Lipinski definition) is 1. The van der Waals surface area contributed by atoms with Crippen LogP contribution in [0.3, 0.4) is 0 Å². The van der Waals surface area contributed by atoms with Crippen molar-refractivity contribution in [2.45, 2.75) is 245 Å². The van der Waals surface area contributed by atoms with Gasteiger partial charge in [0.05, 0.1) is 6.61 Å². The molecule has 1 fully saturated rings. The van der Waals surface area contributed by atoms with E-state index >= 15 is 0 Å². The maximum absolute atomic E-state index is 12.7. The highest BCUT2D eigenvalue weighted by Crippen LogP contribution is 2.45. The van der Waals surface area contributed by atoms with E-state index in [4.69, 9.17) is 4.74 Å². The Bertz CT molecular complexity index is 756. The summed E-state index contributed by atoms with van der Waals surface area (Å²) in [6.45, 7) is 9.90. The van der Waals surface area contributed by atoms with E-state index in [0.29, 0.717) is 12.2 Å². The van der Waals surface area contributed by atoms with Gasteiger partial charge in [0.25, 0.3) is 0 Å². The minimum Gasteiger partial charge on any atom is -0.462 e. The van der Waals surface area contributed by atoms with Crippen molar-refractivity contribution in [3.05, 3.63) is 0 Å². The molecule has 1 aliphatic rings. The molecule has 5 nitrogen and oxygen atoms in total. The fraction of sp³-hybridized carbons (Fsp3) is 0.957. The number of unbranched alkanes of at least 4 members (excludes halogenated alkanes) is 21. The molecule has 0 amide bonds. The lowest BCUT2D eigenvalue weighted by molar-refractivity contribution is -0.150. The standard InChI is InChI=1S/C46H89NO4/c1-4-7-10-13-18-25-32-45(33-26-19-14-11-8-5-2)51-46(50)34-27-20-16-22-29-38-47(39-40-48)37-28-21-15-17-24-31-44(49)36-35-43-41-42(43)30-23-12-9-6-3/h42-43,45,48H,4-41H2,1-3H3. The molecule has 0 spiro atoms. The lowest BCUT2D eigenvalue weighted by Gasteiger charge is -2.21. The third-order valence-electron chi connectivity index (χ3n) is 11.6. The van der Waals surface area contributed by atoms with Crippen LogP contribution in [-0.4, -0.2) is 54.1 Å². The van der Waals surface area contributed by atoms with E-state index in [2.05, 4.69) is 25.7 Å². The van der Waals surface area contributed by atoms with Gasteiger partial charge in [-0.1, -0.05) is 156 Å². The second-order valence-corrected chi connectivity index (χ2v) is 16.5. The molecule has 0 bridgehead atoms. The topological polar surface area (TPSA) is 66.8 Å². The van der Waals surface area contributed by atoms with Crippen molar-refractivity contribution in [1.82, 2.24) is 4.90 Å². The van der Waals surface area contributed by atoms with E-state index in [1.54, 1.807) is 0 Å². The Labute approximate surface area is 318 Å². The van der Waals surface area contributed by atoms with Crippen molar-refractivity contribution < 1.29 is 19.4 Å². The van der Waals surface area contributed by atoms with Crippen molar-refractivity contribution in [2.75, 3.05) is 26.2 Å². The molecule has 1 N–H and O–H groups in total. The number of Topliss-reactive ketones (excluding diaryl/α,β-unsaturated/α-hetero) is 1. The van der Waals surface area contributed by atoms with Crippen molar-refractivity contribution in [1.29, 1.82) is 0 Å². The van der Waals surface area contributed by atoms with E-state index in [0.717, 1.165) is 95.7 Å². The molecule has 5 heteroatoms. The minimum atomic E-state index is 0.0211. The fourth-order valence-corrected chi connectivity index (χ4v) is 7.93. The largest absolute Gasteiger partial charge is 0.462 e. The quantitative estimate of drug-likeness (QED) is 0.0503. The number of nitrogens with zero attached hydrogens (tertiary/aromatic N) is 1. The molecule has 302 valence electrons. The first kappa shape index (κ1) is 48.1. The van der Waals surface area contributed by atoms with Crippen LogP contribution in [0.25, 0.3) is 0 Å². The van der Waals surface area contributed by atoms with Crippen LogP contribution >= 0.6 is 0 Å². The summed E-state index contributed by atoms with van der Waals surface area (Å²) in [5, 5.41) is 9.57. The number of ketones is 1. The van der Waals surface area contributed by atoms with Crippen LogP contribution in [0.2, 0.25) is 0 Å². The number of ether oxygens (including phenoxy) is 1. The van der Waals surface area contributed by atoms with E-state index < -0.39 is 0 Å². The van der Waals surface area contributed by atoms with Gasteiger partial charge < -0.3 is 14.7 Å². The van der Waals surface area contributed by atoms with Crippen molar-refractivity contribution in [2.24, 2.45) is 11.8 Å². The highest BCUT2D eigenvalue weighted by atomic mass is 16.5. The lowest BCUT2D eigenvalue weighted by atomic mass is 10.0. The number of aliphatic hydroxyl groups excluding tert-OH is 1. The monoisotopic (exact) mass is 720 g/mol. The zero-order valence-electron chi connectivity index (χ0n) is 34.7. The second-order valence-electron chi connectivity index (χ2n) is 16.5. The van der Waals surface area contributed by atoms with Crippen LogP contribution in [0, 0.1) is 11.8 Å². The molecule has 0 aromatic heterocycles. The molecule has 2 atom stereocenters. The van der Waals surface area contributed by atoms with Gasteiger partial charge in [-0.2, -0.15) is 0 Å². The Morgan fingerprint density at radius 3 is 1.53 bits per heavy atom. The average Bonchev–Trinajstić information content (AvgIpc) is 3.89. The molecule has 0 aromatic carbocycles. The highest BCUT2D eigenvalue weighted by Gasteiger charge is 2.35. The number of carbonyl (C=O) groups excluding carboxylic acids is 2. The van der Waals surface area contributed by atoms with Crippen molar-refractivity contribution in [3.63, 3.8) is 0 Å². The summed E-state index contributed by atoms with van der Waals surface area (Å²) in [6, 6.07) is 0. The van der Waals surface area contributed by atoms with Crippen LogP contribution in [0.4, 0.5) is 0 Å². The Morgan fingerprint density at radius 2 is 0.980 bits per heavy atom. The van der Waals surface area contributed by atoms with Crippen molar-refractivity contribution in [3.8, 4) is 0 Å². The van der Waals surface area contributed by atoms with Crippen LogP contribution in [0.15, 0.2) is 0 Å². The third kappa shape index (κ3) is 31.1. The molecule has 0 aliphatic heterocycles. The first-order valence-corrected chi connectivity index (χ1v) is 23.1. The molecule has 2 unspecified atom stereocenters. The number of hydrogen-bond acceptors (Lipinski definition) is 5. The smallest absolute Gasteiger partial charge is 0.306 e. The summed E-state index contributed by atoms with van der Waals surface area (Å²) in [5.74, 6) is 2.30. The van der Waals surface area contributed by atoms with Gasteiger partial charge in [0.15, 0.2) is 0 Å². The molecule has 0 radical (unpaired) electrons. The van der Waals surface area contributed by atoms with Gasteiger partial charge >= 0.3 is 5.97 Å². The summed E-state index contributed by atoms with van der Waals surface area (Å²) in [6.07, 6.45) is 40.6. The van der Waals surface area contributed by atoms with Crippen LogP contribution in [0.5, 0.6) is 0 Å². The zero-order chi connectivity index (χ0) is 37.0. The van der Waals surface area contributed by atoms with Gasteiger partial charge in [-0.05, 0) is 89.1 Å². The molecular formula is C46H89NO4. The summed E-state index contributed by atoms with van der Waals surface area (Å²) in [4.78, 5) is 27.5. The Balaban J connectivity index is 2.07. The Hall–Kier alpha value is -0.940. The van der Waals surface area contributed by atoms with Crippen LogP contribution in [0.1, 0.15) is 239 Å². The molecule has 0 saturated heterocycles. The van der Waals surface area contributed by atoms with E-state index in [1.807, 2.05) is 0 Å². The van der Waals surface area contributed by atoms with Crippen LogP contribution in [-0.2, 0) is 14.3 Å². The third-order valence-corrected chi connectivity index (χ3v) is 11.6. The lowest BCUT2D eigenvalue weighted by Crippen LogP contribution is -2.29. The molecule has 1 aliphatic carbocycles. The van der Waals surface area contributed by atoms with Gasteiger partial charge in [-0.15, -0.1) is 0 Å². The van der Waals surface area contributed by atoms with Gasteiger partial charge in [0.2, 0.25) is 0 Å². The fourth-order valence-electron chi connectivity index (χ4n) is 7.93. The minimum absolute atomic E-state index is 0.0211. The molecule has 1 rings (SSSR count). The van der Waals surface area contributed by atoms with E-state index in [9.17, 15) is 14.7 Å². The molecule has 0 aromatic rings. The maximum atomic E-state index is 12.7. The first-order chi connectivity index (χ1) is 25.0. The summed E-state index contributed by atoms with van der Waals surface area (Å²) in [5.41, 5.74) is 0. The number of carbonyl (C=O) groups is 2. The second kappa shape index (κ2) is 36.1. The summed E-state index contributed by atoms with van der Waals surface area (Å²) >= 11 is 0. The van der Waals surface area contributed by atoms with Gasteiger partial charge in [-0.3, -0.25) is 9.59 Å². The normalized spacial score (nSPS) is 15.6. The molecular weight excluding hydrogens is 631 g/mol. The van der Waals surface area contributed by atoms with Gasteiger partial charge in [0, 0.05) is 25.8 Å². The van der Waals surface area contributed by atoms with Crippen LogP contribution < -0.4 is 0 Å². The zero-order valence-corrected chi connectivity index (χ0v) is 34.7. The maximum Gasteiger partial charge on any atom is 0.306 e. The molecule has 1 saturated carbocycles. The van der Waals surface area contributed by atoms with Gasteiger partial charge in [0.1, 0.15) is 11.9 Å². The SMILES string of the molecule is CCCCCCCCC(CCCCCCCC)OC(=O)CCCCCCCN(CCO)CCCCCCCC(=O)CCC1CC1CCCCCC. The van der Waals surface area contributed by atoms with E-state index in [1.165, 1.54) is 148 Å². The highest BCUT2D eigenvalue weighted by molar-refractivity contribution is 5.78.